The summed E-state index contributed by atoms with van der Waals surface area (Å²) >= 11 is 0. The van der Waals surface area contributed by atoms with Crippen LogP contribution in [0.2, 0.25) is 0 Å². The first-order valence-corrected chi connectivity index (χ1v) is 5.95. The van der Waals surface area contributed by atoms with Gasteiger partial charge in [0.05, 0.1) is 7.11 Å². The number of aromatic nitrogens is 1. The Bertz CT molecular complexity index is 376. The van der Waals surface area contributed by atoms with Gasteiger partial charge in [0.2, 0.25) is 0 Å². The van der Waals surface area contributed by atoms with Crippen molar-refractivity contribution in [3.8, 4) is 0 Å². The number of carbonyl (C=O) groups excluding carboxylic acids is 1. The van der Waals surface area contributed by atoms with Gasteiger partial charge in [-0.3, -0.25) is 14.7 Å². The number of pyridine rings is 1. The Morgan fingerprint density at radius 1 is 1.65 bits per heavy atom. The summed E-state index contributed by atoms with van der Waals surface area (Å²) in [5, 5.41) is 0. The predicted octanol–water partition coefficient (Wildman–Crippen LogP) is 1.61. The molecule has 1 aromatic heterocycles. The molecule has 0 unspecified atom stereocenters. The van der Waals surface area contributed by atoms with Crippen LogP contribution in [0.5, 0.6) is 0 Å². The fraction of sp³-hybridized carbons (Fsp3) is 0.538. The number of nitrogens with zero attached hydrogens (tertiary/aromatic N) is 2. The van der Waals surface area contributed by atoms with E-state index in [2.05, 4.69) is 9.88 Å². The SMILES string of the molecule is COC(=O)[C@H](C)N(Cc1cccnc1)C1CC1. The van der Waals surface area contributed by atoms with Crippen molar-refractivity contribution in [1.29, 1.82) is 0 Å². The third-order valence-electron chi connectivity index (χ3n) is 3.14. The highest BCUT2D eigenvalue weighted by Gasteiger charge is 2.35. The van der Waals surface area contributed by atoms with Crippen molar-refractivity contribution in [1.82, 2.24) is 9.88 Å². The van der Waals surface area contributed by atoms with Gasteiger partial charge in [0.15, 0.2) is 0 Å². The highest BCUT2D eigenvalue weighted by atomic mass is 16.5. The van der Waals surface area contributed by atoms with Crippen molar-refractivity contribution in [2.24, 2.45) is 0 Å². The molecule has 2 rings (SSSR count). The van der Waals surface area contributed by atoms with E-state index in [-0.39, 0.29) is 12.0 Å². The van der Waals surface area contributed by atoms with Crippen molar-refractivity contribution in [3.63, 3.8) is 0 Å². The van der Waals surface area contributed by atoms with E-state index in [0.29, 0.717) is 6.04 Å². The van der Waals surface area contributed by atoms with Crippen molar-refractivity contribution in [2.75, 3.05) is 7.11 Å². The van der Waals surface area contributed by atoms with E-state index in [1.165, 1.54) is 20.0 Å². The molecule has 1 saturated carbocycles. The molecule has 0 radical (unpaired) electrons. The molecule has 1 aliphatic rings. The zero-order valence-corrected chi connectivity index (χ0v) is 10.3. The zero-order valence-electron chi connectivity index (χ0n) is 10.3. The lowest BCUT2D eigenvalue weighted by Crippen LogP contribution is -2.40. The van der Waals surface area contributed by atoms with Crippen LogP contribution in [0.25, 0.3) is 0 Å². The second-order valence-corrected chi connectivity index (χ2v) is 4.46. The van der Waals surface area contributed by atoms with Gasteiger partial charge in [-0.1, -0.05) is 6.07 Å². The Morgan fingerprint density at radius 3 is 2.94 bits per heavy atom. The van der Waals surface area contributed by atoms with Crippen LogP contribution >= 0.6 is 0 Å². The number of rotatable bonds is 5. The minimum absolute atomic E-state index is 0.166. The molecule has 17 heavy (non-hydrogen) atoms. The van der Waals surface area contributed by atoms with Crippen LogP contribution in [0.4, 0.5) is 0 Å². The molecule has 0 saturated heterocycles. The molecular weight excluding hydrogens is 216 g/mol. The number of hydrogen-bond donors (Lipinski definition) is 0. The summed E-state index contributed by atoms with van der Waals surface area (Å²) in [4.78, 5) is 17.9. The number of ether oxygens (including phenoxy) is 1. The molecule has 1 atom stereocenters. The highest BCUT2D eigenvalue weighted by Crippen LogP contribution is 2.30. The lowest BCUT2D eigenvalue weighted by atomic mass is 10.2. The fourth-order valence-electron chi connectivity index (χ4n) is 2.00. The Morgan fingerprint density at radius 2 is 2.41 bits per heavy atom. The summed E-state index contributed by atoms with van der Waals surface area (Å²) in [6, 6.07) is 4.28. The van der Waals surface area contributed by atoms with Gasteiger partial charge in [0.25, 0.3) is 0 Å². The predicted molar refractivity (Wildman–Crippen MR) is 64.3 cm³/mol. The second-order valence-electron chi connectivity index (χ2n) is 4.46. The maximum absolute atomic E-state index is 11.6. The number of methoxy groups -OCH3 is 1. The molecule has 1 fully saturated rings. The summed E-state index contributed by atoms with van der Waals surface area (Å²) in [6.07, 6.45) is 5.94. The Hall–Kier alpha value is -1.42. The molecule has 0 bridgehead atoms. The quantitative estimate of drug-likeness (QED) is 0.726. The molecule has 1 aliphatic carbocycles. The molecule has 4 nitrogen and oxygen atoms in total. The first kappa shape index (κ1) is 12.0. The highest BCUT2D eigenvalue weighted by molar-refractivity contribution is 5.75. The van der Waals surface area contributed by atoms with E-state index < -0.39 is 0 Å². The topological polar surface area (TPSA) is 42.4 Å². The lowest BCUT2D eigenvalue weighted by Gasteiger charge is -2.27. The molecule has 0 spiro atoms. The molecule has 1 heterocycles. The zero-order chi connectivity index (χ0) is 12.3. The number of hydrogen-bond acceptors (Lipinski definition) is 4. The monoisotopic (exact) mass is 234 g/mol. The van der Waals surface area contributed by atoms with Crippen LogP contribution in [-0.4, -0.2) is 35.0 Å². The van der Waals surface area contributed by atoms with Crippen molar-refractivity contribution < 1.29 is 9.53 Å². The third kappa shape index (κ3) is 3.03. The molecule has 92 valence electrons. The minimum atomic E-state index is -0.187. The van der Waals surface area contributed by atoms with Crippen LogP contribution in [0, 0.1) is 0 Å². The van der Waals surface area contributed by atoms with Crippen molar-refractivity contribution >= 4 is 5.97 Å². The van der Waals surface area contributed by atoms with Gasteiger partial charge in [-0.15, -0.1) is 0 Å². The smallest absolute Gasteiger partial charge is 0.322 e. The van der Waals surface area contributed by atoms with Crippen LogP contribution in [0.15, 0.2) is 24.5 Å². The minimum Gasteiger partial charge on any atom is -0.468 e. The van der Waals surface area contributed by atoms with Gasteiger partial charge in [0, 0.05) is 25.0 Å². The lowest BCUT2D eigenvalue weighted by molar-refractivity contribution is -0.146. The molecule has 4 heteroatoms. The molecule has 0 aromatic carbocycles. The first-order valence-electron chi connectivity index (χ1n) is 5.95. The second kappa shape index (κ2) is 5.27. The van der Waals surface area contributed by atoms with Crippen LogP contribution < -0.4 is 0 Å². The maximum atomic E-state index is 11.6. The Labute approximate surface area is 102 Å². The summed E-state index contributed by atoms with van der Waals surface area (Å²) in [5.74, 6) is -0.166. The Kier molecular flexibility index (Phi) is 3.74. The van der Waals surface area contributed by atoms with E-state index in [0.717, 1.165) is 12.1 Å². The van der Waals surface area contributed by atoms with Gasteiger partial charge >= 0.3 is 5.97 Å². The van der Waals surface area contributed by atoms with Gasteiger partial charge in [-0.2, -0.15) is 0 Å². The third-order valence-corrected chi connectivity index (χ3v) is 3.14. The summed E-state index contributed by atoms with van der Waals surface area (Å²) in [5.41, 5.74) is 1.13. The standard InChI is InChI=1S/C13H18N2O2/c1-10(13(16)17-2)15(12-5-6-12)9-11-4-3-7-14-8-11/h3-4,7-8,10,12H,5-6,9H2,1-2H3/t10-/m0/s1. The first-order chi connectivity index (χ1) is 8.22. The van der Waals surface area contributed by atoms with Gasteiger partial charge in [0.1, 0.15) is 6.04 Å². The van der Waals surface area contributed by atoms with Crippen molar-refractivity contribution in [3.05, 3.63) is 30.1 Å². The molecule has 0 N–H and O–H groups in total. The van der Waals surface area contributed by atoms with E-state index in [1.54, 1.807) is 6.20 Å². The average Bonchev–Trinajstić information content (AvgIpc) is 3.19. The van der Waals surface area contributed by atoms with Crippen LogP contribution in [0.3, 0.4) is 0 Å². The van der Waals surface area contributed by atoms with Gasteiger partial charge in [-0.25, -0.2) is 0 Å². The molecule has 0 aliphatic heterocycles. The Balaban J connectivity index is 2.05. The van der Waals surface area contributed by atoms with E-state index >= 15 is 0 Å². The molecular formula is C13H18N2O2. The fourth-order valence-corrected chi connectivity index (χ4v) is 2.00. The van der Waals surface area contributed by atoms with Crippen LogP contribution in [-0.2, 0) is 16.1 Å². The van der Waals surface area contributed by atoms with Gasteiger partial charge in [-0.05, 0) is 31.4 Å². The normalized spacial score (nSPS) is 16.9. The maximum Gasteiger partial charge on any atom is 0.322 e. The average molecular weight is 234 g/mol. The summed E-state index contributed by atoms with van der Waals surface area (Å²) < 4.78 is 4.81. The van der Waals surface area contributed by atoms with Crippen molar-refractivity contribution in [2.45, 2.75) is 38.4 Å². The number of carbonyl (C=O) groups is 1. The summed E-state index contributed by atoms with van der Waals surface area (Å²) in [6.45, 7) is 2.66. The molecule has 1 aromatic rings. The molecule has 0 amide bonds. The van der Waals surface area contributed by atoms with E-state index in [9.17, 15) is 4.79 Å². The van der Waals surface area contributed by atoms with E-state index in [4.69, 9.17) is 4.74 Å². The number of esters is 1. The largest absolute Gasteiger partial charge is 0.468 e. The summed E-state index contributed by atoms with van der Waals surface area (Å²) in [7, 11) is 1.44. The van der Waals surface area contributed by atoms with Crippen LogP contribution in [0.1, 0.15) is 25.3 Å². The van der Waals surface area contributed by atoms with Gasteiger partial charge < -0.3 is 4.74 Å². The van der Waals surface area contributed by atoms with E-state index in [1.807, 2.05) is 25.3 Å².